The summed E-state index contributed by atoms with van der Waals surface area (Å²) in [6.07, 6.45) is 8.10. The van der Waals surface area contributed by atoms with Crippen LogP contribution >= 0.6 is 23.2 Å². The van der Waals surface area contributed by atoms with E-state index in [4.69, 9.17) is 34.2 Å². The van der Waals surface area contributed by atoms with Gasteiger partial charge < -0.3 is 26.2 Å². The van der Waals surface area contributed by atoms with E-state index in [1.807, 2.05) is 38.1 Å². The molecule has 0 spiro atoms. The smallest absolute Gasteiger partial charge is 0.222 e. The number of halogens is 2. The maximum absolute atomic E-state index is 10.7. The number of nitrogens with zero attached hydrogens (tertiary/aromatic N) is 6. The highest BCUT2D eigenvalue weighted by molar-refractivity contribution is 6.30. The third-order valence-corrected chi connectivity index (χ3v) is 11.2. The maximum atomic E-state index is 10.7. The quantitative estimate of drug-likeness (QED) is 0.329. The lowest BCUT2D eigenvalue weighted by atomic mass is 9.97. The Morgan fingerprint density at radius 1 is 0.824 bits per heavy atom. The van der Waals surface area contributed by atoms with Gasteiger partial charge >= 0.3 is 0 Å². The molecule has 5 heterocycles. The Kier molecular flexibility index (Phi) is 13.8. The minimum Gasteiger partial charge on any atom is -0.389 e. The van der Waals surface area contributed by atoms with Gasteiger partial charge in [-0.3, -0.25) is 9.80 Å². The summed E-state index contributed by atoms with van der Waals surface area (Å²) >= 11 is 12.0. The van der Waals surface area contributed by atoms with Gasteiger partial charge in [-0.15, -0.1) is 0 Å². The average Bonchev–Trinajstić information content (AvgIpc) is 3.77. The van der Waals surface area contributed by atoms with Crippen molar-refractivity contribution >= 4 is 35.0 Å². The molecule has 51 heavy (non-hydrogen) atoms. The number of likely N-dealkylation sites (tertiary alicyclic amines) is 3. The van der Waals surface area contributed by atoms with E-state index in [1.54, 1.807) is 6.07 Å². The first-order valence-electron chi connectivity index (χ1n) is 18.4. The summed E-state index contributed by atoms with van der Waals surface area (Å²) in [5, 5.41) is 33.5. The first-order valence-corrected chi connectivity index (χ1v) is 19.2. The van der Waals surface area contributed by atoms with Gasteiger partial charge in [0.1, 0.15) is 12.4 Å². The highest BCUT2D eigenvalue weighted by atomic mass is 35.5. The zero-order valence-corrected chi connectivity index (χ0v) is 32.0. The fraction of sp³-hybridized carbons (Fsp3) is 0.615. The molecule has 4 fully saturated rings. The van der Waals surface area contributed by atoms with Gasteiger partial charge in [0.2, 0.25) is 5.96 Å². The van der Waals surface area contributed by atoms with Crippen molar-refractivity contribution in [3.05, 3.63) is 69.7 Å². The van der Waals surface area contributed by atoms with Crippen LogP contribution in [-0.2, 0) is 12.8 Å². The Bertz CT molecular complexity index is 1510. The van der Waals surface area contributed by atoms with Crippen molar-refractivity contribution in [2.75, 3.05) is 45.8 Å². The van der Waals surface area contributed by atoms with Crippen molar-refractivity contribution in [3.63, 3.8) is 0 Å². The summed E-state index contributed by atoms with van der Waals surface area (Å²) < 4.78 is 0. The molecule has 5 aliphatic heterocycles. The van der Waals surface area contributed by atoms with E-state index in [9.17, 15) is 10.2 Å². The number of nitrogens with two attached hydrogens (primary N) is 1. The van der Waals surface area contributed by atoms with Crippen LogP contribution in [0.2, 0.25) is 10.0 Å². The highest BCUT2D eigenvalue weighted by Crippen LogP contribution is 2.35. The molecule has 0 radical (unpaired) electrons. The average molecular weight is 740 g/mol. The van der Waals surface area contributed by atoms with Crippen LogP contribution in [0.3, 0.4) is 0 Å². The predicted octanol–water partition coefficient (Wildman–Crippen LogP) is 4.89. The first-order chi connectivity index (χ1) is 24.3. The largest absolute Gasteiger partial charge is 0.389 e. The molecule has 0 bridgehead atoms. The number of benzene rings is 2. The second-order valence-corrected chi connectivity index (χ2v) is 16.2. The Morgan fingerprint density at radius 2 is 1.25 bits per heavy atom. The van der Waals surface area contributed by atoms with Crippen LogP contribution in [0.15, 0.2) is 58.5 Å². The van der Waals surface area contributed by atoms with Crippen LogP contribution < -0.4 is 11.1 Å². The molecule has 10 nitrogen and oxygen atoms in total. The Labute approximate surface area is 314 Å². The van der Waals surface area contributed by atoms with Crippen molar-refractivity contribution in [1.29, 1.82) is 5.26 Å². The lowest BCUT2D eigenvalue weighted by molar-refractivity contribution is 0.0544. The SMILES string of the molecule is CC#N.CC1(O)C[C@H](Cc2ccc(Cl)cc2)N(C2CCN(C3=NCC(N)=N3)CC2)C1.CC1(O)C[C@H](Cc2ccc(Cl)cc2)N(C2CCNCC2)C1. The maximum Gasteiger partial charge on any atom is 0.222 e. The highest BCUT2D eigenvalue weighted by Gasteiger charge is 2.44. The molecule has 4 atom stereocenters. The third kappa shape index (κ3) is 11.4. The summed E-state index contributed by atoms with van der Waals surface area (Å²) in [5.74, 6) is 1.39. The van der Waals surface area contributed by atoms with Gasteiger partial charge in [0, 0.05) is 67.3 Å². The summed E-state index contributed by atoms with van der Waals surface area (Å²) in [6.45, 7) is 11.5. The molecule has 2 unspecified atom stereocenters. The lowest BCUT2D eigenvalue weighted by Crippen LogP contribution is -2.49. The molecule has 7 rings (SSSR count). The Morgan fingerprint density at radius 3 is 1.67 bits per heavy atom. The lowest BCUT2D eigenvalue weighted by Gasteiger charge is -2.39. The molecule has 4 saturated heterocycles. The molecule has 2 aromatic rings. The molecule has 2 aromatic carbocycles. The second-order valence-electron chi connectivity index (χ2n) is 15.4. The predicted molar refractivity (Wildman–Crippen MR) is 207 cm³/mol. The molecule has 0 aromatic heterocycles. The number of aliphatic hydroxyl groups is 2. The van der Waals surface area contributed by atoms with E-state index in [1.165, 1.54) is 30.9 Å². The van der Waals surface area contributed by atoms with Gasteiger partial charge in [-0.1, -0.05) is 47.5 Å². The second kappa shape index (κ2) is 17.8. The summed E-state index contributed by atoms with van der Waals surface area (Å²) in [5.41, 5.74) is 7.16. The molecule has 5 aliphatic rings. The standard InChI is InChI=1S/C20H28ClN5O.C17H25ClN2O.C2H3N/c1-20(27)11-17(10-14-2-4-15(21)5-3-14)26(13-20)16-6-8-25(9-7-16)19-23-12-18(22)24-19;1-17(21)11-16(10-13-2-4-14(18)5-3-13)20(12-17)15-6-8-19-9-7-15;1-2-3/h2-5,16-17,27H,6-13H2,1H3,(H2,22,23,24);2-5,15-16,19,21H,6-12H2,1H3;1H3/t17-,20?;16-,17?;/m00./s1. The number of amidine groups is 1. The number of hydrogen-bond acceptors (Lipinski definition) is 10. The summed E-state index contributed by atoms with van der Waals surface area (Å²) in [7, 11) is 0. The Balaban J connectivity index is 0.000000189. The van der Waals surface area contributed by atoms with Crippen LogP contribution in [0.25, 0.3) is 0 Å². The van der Waals surface area contributed by atoms with Crippen LogP contribution in [0, 0.1) is 11.3 Å². The van der Waals surface area contributed by atoms with Crippen LogP contribution in [0.1, 0.15) is 70.4 Å². The van der Waals surface area contributed by atoms with Crippen molar-refractivity contribution in [2.24, 2.45) is 15.7 Å². The number of nitriles is 1. The van der Waals surface area contributed by atoms with Crippen molar-refractivity contribution in [1.82, 2.24) is 20.0 Å². The number of hydrogen-bond donors (Lipinski definition) is 4. The van der Waals surface area contributed by atoms with E-state index < -0.39 is 11.2 Å². The fourth-order valence-corrected chi connectivity index (χ4v) is 8.75. The van der Waals surface area contributed by atoms with Gasteiger partial charge in [0.05, 0.1) is 17.3 Å². The van der Waals surface area contributed by atoms with Crippen molar-refractivity contribution in [3.8, 4) is 6.07 Å². The van der Waals surface area contributed by atoms with E-state index >= 15 is 0 Å². The van der Waals surface area contributed by atoms with Gasteiger partial charge in [0.25, 0.3) is 0 Å². The van der Waals surface area contributed by atoms with Crippen LogP contribution in [0.5, 0.6) is 0 Å². The molecule has 12 heteroatoms. The van der Waals surface area contributed by atoms with Crippen molar-refractivity contribution in [2.45, 2.75) is 108 Å². The number of β-amino-alcohol motifs (C(OH)–C–C–N with tert-alkyl or cyclic N) is 2. The first kappa shape index (κ1) is 39.5. The number of rotatable bonds is 6. The Hall–Kier alpha value is -2.75. The van der Waals surface area contributed by atoms with E-state index in [-0.39, 0.29) is 0 Å². The zero-order chi connectivity index (χ0) is 36.6. The molecule has 278 valence electrons. The molecule has 0 saturated carbocycles. The van der Waals surface area contributed by atoms with Crippen molar-refractivity contribution < 1.29 is 10.2 Å². The summed E-state index contributed by atoms with van der Waals surface area (Å²) in [4.78, 5) is 16.1. The topological polar surface area (TPSA) is 137 Å². The molecule has 0 amide bonds. The zero-order valence-electron chi connectivity index (χ0n) is 30.4. The molecule has 0 aliphatic carbocycles. The van der Waals surface area contributed by atoms with Gasteiger partial charge in [-0.05, 0) is 114 Å². The van der Waals surface area contributed by atoms with E-state index in [0.29, 0.717) is 36.5 Å². The molecular formula is C39H56Cl2N8O2. The third-order valence-electron chi connectivity index (χ3n) is 10.7. The van der Waals surface area contributed by atoms with E-state index in [0.717, 1.165) is 93.8 Å². The van der Waals surface area contributed by atoms with Crippen LogP contribution in [-0.4, -0.2) is 118 Å². The normalized spacial score (nSPS) is 29.0. The number of nitrogens with one attached hydrogen (secondary N) is 1. The minimum absolute atomic E-state index is 0.357. The summed E-state index contributed by atoms with van der Waals surface area (Å²) in [6, 6.07) is 19.8. The number of aliphatic imine (C=N–C) groups is 2. The number of guanidine groups is 1. The minimum atomic E-state index is -0.623. The molecular weight excluding hydrogens is 683 g/mol. The monoisotopic (exact) mass is 738 g/mol. The van der Waals surface area contributed by atoms with E-state index in [2.05, 4.69) is 54.3 Å². The van der Waals surface area contributed by atoms with Gasteiger partial charge in [-0.25, -0.2) is 4.99 Å². The van der Waals surface area contributed by atoms with Gasteiger partial charge in [-0.2, -0.15) is 10.3 Å². The number of piperidine rings is 2. The van der Waals surface area contributed by atoms with Gasteiger partial charge in [0.15, 0.2) is 0 Å². The van der Waals surface area contributed by atoms with Crippen LogP contribution in [0.4, 0.5) is 0 Å². The fourth-order valence-electron chi connectivity index (χ4n) is 8.50. The molecule has 5 N–H and O–H groups in total.